The van der Waals surface area contributed by atoms with Crippen LogP contribution >= 0.6 is 0 Å². The summed E-state index contributed by atoms with van der Waals surface area (Å²) < 4.78 is 4.89. The number of hydrogen-bond acceptors (Lipinski definition) is 4. The lowest BCUT2D eigenvalue weighted by Gasteiger charge is -2.34. The highest BCUT2D eigenvalue weighted by atomic mass is 16.5. The van der Waals surface area contributed by atoms with Gasteiger partial charge in [-0.1, -0.05) is 0 Å². The molecule has 0 bridgehead atoms. The smallest absolute Gasteiger partial charge is 0.270 e. The molecule has 21 heavy (non-hydrogen) atoms. The second-order valence-corrected chi connectivity index (χ2v) is 5.95. The van der Waals surface area contributed by atoms with Gasteiger partial charge in [0.05, 0.1) is 12.7 Å². The average molecular weight is 292 g/mol. The summed E-state index contributed by atoms with van der Waals surface area (Å²) in [5.41, 5.74) is -0.491. The Hall–Kier alpha value is -1.82. The Bertz CT molecular complexity index is 598. The van der Waals surface area contributed by atoms with Gasteiger partial charge in [-0.3, -0.25) is 9.59 Å². The second kappa shape index (κ2) is 5.18. The summed E-state index contributed by atoms with van der Waals surface area (Å²) in [5.74, 6) is 0.327. The van der Waals surface area contributed by atoms with Crippen LogP contribution in [-0.2, 0) is 0 Å². The maximum atomic E-state index is 12.4. The molecule has 1 amide bonds. The number of rotatable bonds is 3. The number of pyridine rings is 1. The van der Waals surface area contributed by atoms with Crippen LogP contribution in [0.4, 0.5) is 0 Å². The number of hydrogen-bond donors (Lipinski definition) is 2. The number of piperidine rings is 1. The van der Waals surface area contributed by atoms with E-state index in [4.69, 9.17) is 4.74 Å². The van der Waals surface area contributed by atoms with Crippen molar-refractivity contribution in [3.8, 4) is 5.75 Å². The highest BCUT2D eigenvalue weighted by molar-refractivity contribution is 5.92. The predicted molar refractivity (Wildman–Crippen MR) is 76.4 cm³/mol. The Morgan fingerprint density at radius 2 is 2.10 bits per heavy atom. The van der Waals surface area contributed by atoms with E-state index in [1.54, 1.807) is 4.90 Å². The number of aliphatic hydroxyl groups is 1. The Labute approximate surface area is 122 Å². The number of ether oxygens (including phenoxy) is 1. The summed E-state index contributed by atoms with van der Waals surface area (Å²) in [6, 6.07) is 1.28. The van der Waals surface area contributed by atoms with E-state index in [1.807, 2.05) is 0 Å². The highest BCUT2D eigenvalue weighted by Gasteiger charge is 2.48. The number of aromatic amines is 1. The van der Waals surface area contributed by atoms with Crippen molar-refractivity contribution in [3.05, 3.63) is 28.2 Å². The monoisotopic (exact) mass is 292 g/mol. The molecule has 0 atom stereocenters. The van der Waals surface area contributed by atoms with E-state index in [2.05, 4.69) is 4.98 Å². The molecule has 1 aliphatic carbocycles. The van der Waals surface area contributed by atoms with Gasteiger partial charge in [-0.2, -0.15) is 0 Å². The van der Waals surface area contributed by atoms with Crippen LogP contribution in [0.25, 0.3) is 0 Å². The van der Waals surface area contributed by atoms with Crippen LogP contribution in [0.15, 0.2) is 17.1 Å². The molecule has 1 saturated carbocycles. The van der Waals surface area contributed by atoms with Gasteiger partial charge in [0.25, 0.3) is 5.91 Å². The number of likely N-dealkylation sites (tertiary alicyclic amines) is 1. The first-order chi connectivity index (χ1) is 10.0. The molecule has 3 rings (SSSR count). The largest absolute Gasteiger partial charge is 0.491 e. The zero-order chi connectivity index (χ0) is 15.0. The van der Waals surface area contributed by atoms with Crippen molar-refractivity contribution in [1.29, 1.82) is 0 Å². The molecule has 6 nitrogen and oxygen atoms in total. The number of carbonyl (C=O) groups is 1. The molecule has 0 unspecified atom stereocenters. The van der Waals surface area contributed by atoms with Gasteiger partial charge >= 0.3 is 0 Å². The number of carbonyl (C=O) groups excluding carboxylic acids is 1. The highest BCUT2D eigenvalue weighted by Crippen LogP contribution is 2.46. The number of nitrogens with zero attached hydrogens (tertiary/aromatic N) is 1. The standard InChI is InChI=1S/C15H20N2O4/c1-21-13-9-16-11(8-12(13)18)14(19)17-6-2-10(3-7-17)15(20)4-5-15/h8-10,20H,2-7H2,1H3,(H,16,18). The first-order valence-corrected chi connectivity index (χ1v) is 7.32. The van der Waals surface area contributed by atoms with E-state index in [-0.39, 0.29) is 22.8 Å². The van der Waals surface area contributed by atoms with Crippen LogP contribution in [0.2, 0.25) is 0 Å². The normalized spacial score (nSPS) is 21.1. The number of nitrogens with one attached hydrogen (secondary N) is 1. The molecule has 6 heteroatoms. The Balaban J connectivity index is 1.66. The van der Waals surface area contributed by atoms with Crippen molar-refractivity contribution >= 4 is 5.91 Å². The van der Waals surface area contributed by atoms with Gasteiger partial charge in [-0.05, 0) is 31.6 Å². The van der Waals surface area contributed by atoms with E-state index < -0.39 is 5.60 Å². The van der Waals surface area contributed by atoms with Gasteiger partial charge in [0.15, 0.2) is 5.75 Å². The summed E-state index contributed by atoms with van der Waals surface area (Å²) >= 11 is 0. The van der Waals surface area contributed by atoms with Crippen LogP contribution in [0, 0.1) is 5.92 Å². The van der Waals surface area contributed by atoms with Gasteiger partial charge in [0.2, 0.25) is 5.43 Å². The fourth-order valence-electron chi connectivity index (χ4n) is 3.07. The Morgan fingerprint density at radius 3 is 2.62 bits per heavy atom. The summed E-state index contributed by atoms with van der Waals surface area (Å²) in [4.78, 5) is 28.6. The van der Waals surface area contributed by atoms with Gasteiger partial charge in [-0.15, -0.1) is 0 Å². The van der Waals surface area contributed by atoms with Crippen molar-refractivity contribution < 1.29 is 14.6 Å². The molecule has 1 aromatic heterocycles. The maximum absolute atomic E-state index is 12.4. The fraction of sp³-hybridized carbons (Fsp3) is 0.600. The molecular formula is C15H20N2O4. The number of aromatic nitrogens is 1. The van der Waals surface area contributed by atoms with Crippen molar-refractivity contribution in [3.63, 3.8) is 0 Å². The zero-order valence-electron chi connectivity index (χ0n) is 12.1. The van der Waals surface area contributed by atoms with Crippen LogP contribution in [0.1, 0.15) is 36.2 Å². The minimum atomic E-state index is -0.469. The first kappa shape index (κ1) is 14.1. The van der Waals surface area contributed by atoms with Crippen LogP contribution in [0.3, 0.4) is 0 Å². The Kier molecular flexibility index (Phi) is 3.49. The summed E-state index contributed by atoms with van der Waals surface area (Å²) in [5, 5.41) is 10.1. The molecule has 114 valence electrons. The lowest BCUT2D eigenvalue weighted by molar-refractivity contribution is 0.0338. The number of H-pyrrole nitrogens is 1. The summed E-state index contributed by atoms with van der Waals surface area (Å²) in [6.45, 7) is 1.25. The molecule has 2 aliphatic rings. The van der Waals surface area contributed by atoms with Crippen LogP contribution in [0.5, 0.6) is 5.75 Å². The minimum Gasteiger partial charge on any atom is -0.491 e. The molecular weight excluding hydrogens is 272 g/mol. The third-order valence-electron chi connectivity index (χ3n) is 4.63. The van der Waals surface area contributed by atoms with Crippen molar-refractivity contribution in [2.45, 2.75) is 31.3 Å². The van der Waals surface area contributed by atoms with E-state index >= 15 is 0 Å². The average Bonchev–Trinajstić information content (AvgIpc) is 3.26. The molecule has 2 heterocycles. The van der Waals surface area contributed by atoms with Crippen molar-refractivity contribution in [2.24, 2.45) is 5.92 Å². The summed E-state index contributed by atoms with van der Waals surface area (Å²) in [6.07, 6.45) is 4.83. The lowest BCUT2D eigenvalue weighted by Crippen LogP contribution is -2.42. The SMILES string of the molecule is COc1c[nH]c(C(=O)N2CCC(C3(O)CC3)CC2)cc1=O. The van der Waals surface area contributed by atoms with E-state index in [0.717, 1.165) is 25.7 Å². The molecule has 1 aromatic rings. The maximum Gasteiger partial charge on any atom is 0.270 e. The van der Waals surface area contributed by atoms with E-state index in [9.17, 15) is 14.7 Å². The van der Waals surface area contributed by atoms with Gasteiger partial charge in [0, 0.05) is 25.4 Å². The van der Waals surface area contributed by atoms with Crippen LogP contribution < -0.4 is 10.2 Å². The zero-order valence-corrected chi connectivity index (χ0v) is 12.1. The Morgan fingerprint density at radius 1 is 1.43 bits per heavy atom. The molecule has 1 saturated heterocycles. The first-order valence-electron chi connectivity index (χ1n) is 7.32. The molecule has 0 spiro atoms. The van der Waals surface area contributed by atoms with E-state index in [1.165, 1.54) is 19.4 Å². The second-order valence-electron chi connectivity index (χ2n) is 5.95. The predicted octanol–water partition coefficient (Wildman–Crippen LogP) is 0.761. The van der Waals surface area contributed by atoms with Gasteiger partial charge in [0.1, 0.15) is 5.69 Å². The fourth-order valence-corrected chi connectivity index (χ4v) is 3.07. The van der Waals surface area contributed by atoms with E-state index in [0.29, 0.717) is 19.0 Å². The third kappa shape index (κ3) is 2.68. The molecule has 2 fully saturated rings. The molecule has 1 aliphatic heterocycles. The quantitative estimate of drug-likeness (QED) is 0.861. The molecule has 0 aromatic carbocycles. The lowest BCUT2D eigenvalue weighted by atomic mass is 9.89. The van der Waals surface area contributed by atoms with Gasteiger partial charge < -0.3 is 19.7 Å². The summed E-state index contributed by atoms with van der Waals surface area (Å²) in [7, 11) is 1.42. The molecule has 0 radical (unpaired) electrons. The van der Waals surface area contributed by atoms with Crippen molar-refractivity contribution in [1.82, 2.24) is 9.88 Å². The van der Waals surface area contributed by atoms with Gasteiger partial charge in [-0.25, -0.2) is 0 Å². The molecule has 2 N–H and O–H groups in total. The number of amides is 1. The third-order valence-corrected chi connectivity index (χ3v) is 4.63. The van der Waals surface area contributed by atoms with Crippen LogP contribution in [-0.4, -0.2) is 46.7 Å². The topological polar surface area (TPSA) is 82.6 Å². The number of methoxy groups -OCH3 is 1. The minimum absolute atomic E-state index is 0.170. The van der Waals surface area contributed by atoms with Crippen molar-refractivity contribution in [2.75, 3.05) is 20.2 Å².